The van der Waals surface area contributed by atoms with E-state index in [1.807, 2.05) is 25.1 Å². The van der Waals surface area contributed by atoms with Crippen LogP contribution in [0.1, 0.15) is 12.5 Å². The first-order chi connectivity index (χ1) is 5.74. The second-order valence-electron chi connectivity index (χ2n) is 2.35. The van der Waals surface area contributed by atoms with Crippen molar-refractivity contribution < 1.29 is 4.92 Å². The molecule has 0 aromatic heterocycles. The third-order valence-electron chi connectivity index (χ3n) is 1.44. The van der Waals surface area contributed by atoms with Crippen LogP contribution in [0.4, 0.5) is 5.69 Å². The highest BCUT2D eigenvalue weighted by Crippen LogP contribution is 2.13. The summed E-state index contributed by atoms with van der Waals surface area (Å²) in [5, 5.41) is 10.3. The van der Waals surface area contributed by atoms with Gasteiger partial charge in [0.15, 0.2) is 0 Å². The molecule has 0 aliphatic carbocycles. The fourth-order valence-corrected chi connectivity index (χ4v) is 0.934. The molecule has 0 heterocycles. The molecule has 0 fully saturated rings. The first kappa shape index (κ1) is 8.46. The molecule has 1 aromatic rings. The summed E-state index contributed by atoms with van der Waals surface area (Å²) in [4.78, 5) is 9.94. The quantitative estimate of drug-likeness (QED) is 0.496. The van der Waals surface area contributed by atoms with Gasteiger partial charge in [-0.25, -0.2) is 0 Å². The van der Waals surface area contributed by atoms with Crippen molar-refractivity contribution in [2.24, 2.45) is 0 Å². The summed E-state index contributed by atoms with van der Waals surface area (Å²) >= 11 is 0. The molecule has 0 saturated carbocycles. The second-order valence-corrected chi connectivity index (χ2v) is 2.35. The monoisotopic (exact) mass is 163 g/mol. The summed E-state index contributed by atoms with van der Waals surface area (Å²) in [6.07, 6.45) is 3.67. The molecule has 0 radical (unpaired) electrons. The molecule has 0 aliphatic rings. The Morgan fingerprint density at radius 3 is 2.83 bits per heavy atom. The highest BCUT2D eigenvalue weighted by atomic mass is 16.6. The highest BCUT2D eigenvalue weighted by molar-refractivity contribution is 5.52. The molecule has 62 valence electrons. The fourth-order valence-electron chi connectivity index (χ4n) is 0.934. The third-order valence-corrected chi connectivity index (χ3v) is 1.44. The van der Waals surface area contributed by atoms with E-state index in [1.165, 1.54) is 6.07 Å². The van der Waals surface area contributed by atoms with Crippen LogP contribution >= 0.6 is 0 Å². The van der Waals surface area contributed by atoms with Gasteiger partial charge in [0.2, 0.25) is 0 Å². The van der Waals surface area contributed by atoms with Gasteiger partial charge in [-0.1, -0.05) is 24.3 Å². The fraction of sp³-hybridized carbons (Fsp3) is 0.111. The lowest BCUT2D eigenvalue weighted by Gasteiger charge is -1.92. The van der Waals surface area contributed by atoms with Gasteiger partial charge in [-0.2, -0.15) is 0 Å². The normalized spacial score (nSPS) is 10.4. The maximum atomic E-state index is 10.3. The van der Waals surface area contributed by atoms with Crippen LogP contribution < -0.4 is 0 Å². The largest absolute Gasteiger partial charge is 0.270 e. The van der Waals surface area contributed by atoms with Gasteiger partial charge in [0.1, 0.15) is 0 Å². The lowest BCUT2D eigenvalue weighted by Crippen LogP contribution is -1.87. The Bertz CT molecular complexity index is 318. The number of nitro benzene ring substituents is 1. The zero-order valence-corrected chi connectivity index (χ0v) is 6.73. The van der Waals surface area contributed by atoms with Crippen molar-refractivity contribution in [1.82, 2.24) is 0 Å². The van der Waals surface area contributed by atoms with Crippen LogP contribution in [0.15, 0.2) is 30.3 Å². The Morgan fingerprint density at radius 2 is 2.25 bits per heavy atom. The van der Waals surface area contributed by atoms with Gasteiger partial charge < -0.3 is 0 Å². The SMILES string of the molecule is C/C=C/c1cccc([N+](=O)[O-])c1. The molecule has 3 heteroatoms. The van der Waals surface area contributed by atoms with Gasteiger partial charge in [-0.15, -0.1) is 0 Å². The van der Waals surface area contributed by atoms with E-state index in [2.05, 4.69) is 0 Å². The molecule has 0 bridgehead atoms. The minimum Gasteiger partial charge on any atom is -0.258 e. The Kier molecular flexibility index (Phi) is 2.58. The van der Waals surface area contributed by atoms with Crippen LogP contribution in [0.25, 0.3) is 6.08 Å². The van der Waals surface area contributed by atoms with Gasteiger partial charge in [-0.05, 0) is 12.5 Å². The van der Waals surface area contributed by atoms with Gasteiger partial charge in [-0.3, -0.25) is 10.1 Å². The molecule has 0 aliphatic heterocycles. The van der Waals surface area contributed by atoms with E-state index in [4.69, 9.17) is 0 Å². The number of hydrogen-bond donors (Lipinski definition) is 0. The number of non-ortho nitro benzene ring substituents is 1. The van der Waals surface area contributed by atoms with Crippen molar-refractivity contribution in [3.63, 3.8) is 0 Å². The van der Waals surface area contributed by atoms with Crippen molar-refractivity contribution in [2.75, 3.05) is 0 Å². The van der Waals surface area contributed by atoms with E-state index < -0.39 is 4.92 Å². The van der Waals surface area contributed by atoms with Crippen molar-refractivity contribution in [1.29, 1.82) is 0 Å². The van der Waals surface area contributed by atoms with Crippen LogP contribution in [0.5, 0.6) is 0 Å². The summed E-state index contributed by atoms with van der Waals surface area (Å²) in [5.74, 6) is 0. The molecule has 0 spiro atoms. The van der Waals surface area contributed by atoms with E-state index in [-0.39, 0.29) is 5.69 Å². The molecule has 1 rings (SSSR count). The standard InChI is InChI=1S/C9H9NO2/c1-2-4-8-5-3-6-9(7-8)10(11)12/h2-7H,1H3/b4-2+. The molecule has 3 nitrogen and oxygen atoms in total. The zero-order valence-electron chi connectivity index (χ0n) is 6.73. The van der Waals surface area contributed by atoms with Crippen LogP contribution in [0.3, 0.4) is 0 Å². The average Bonchev–Trinajstić information content (AvgIpc) is 2.05. The number of rotatable bonds is 2. The van der Waals surface area contributed by atoms with Gasteiger partial charge in [0.05, 0.1) is 4.92 Å². The lowest BCUT2D eigenvalue weighted by molar-refractivity contribution is -0.384. The summed E-state index contributed by atoms with van der Waals surface area (Å²) in [6, 6.07) is 6.52. The maximum absolute atomic E-state index is 10.3. The van der Waals surface area contributed by atoms with Gasteiger partial charge >= 0.3 is 0 Å². The van der Waals surface area contributed by atoms with Crippen molar-refractivity contribution in [2.45, 2.75) is 6.92 Å². The summed E-state index contributed by atoms with van der Waals surface area (Å²) in [7, 11) is 0. The molecular weight excluding hydrogens is 154 g/mol. The summed E-state index contributed by atoms with van der Waals surface area (Å²) in [6.45, 7) is 1.87. The first-order valence-electron chi connectivity index (χ1n) is 3.61. The Labute approximate surface area is 70.5 Å². The molecule has 0 amide bonds. The third kappa shape index (κ3) is 1.92. The molecular formula is C9H9NO2. The van der Waals surface area contributed by atoms with E-state index in [1.54, 1.807) is 12.1 Å². The summed E-state index contributed by atoms with van der Waals surface area (Å²) < 4.78 is 0. The van der Waals surface area contributed by atoms with E-state index >= 15 is 0 Å². The van der Waals surface area contributed by atoms with E-state index in [9.17, 15) is 10.1 Å². The minimum absolute atomic E-state index is 0.130. The Hall–Kier alpha value is -1.64. The van der Waals surface area contributed by atoms with E-state index in [0.717, 1.165) is 5.56 Å². The van der Waals surface area contributed by atoms with Gasteiger partial charge in [0.25, 0.3) is 5.69 Å². The maximum Gasteiger partial charge on any atom is 0.270 e. The van der Waals surface area contributed by atoms with Crippen LogP contribution in [0.2, 0.25) is 0 Å². The number of nitrogens with zero attached hydrogens (tertiary/aromatic N) is 1. The topological polar surface area (TPSA) is 43.1 Å². The second kappa shape index (κ2) is 3.67. The van der Waals surface area contributed by atoms with Crippen molar-refractivity contribution in [3.05, 3.63) is 46.0 Å². The zero-order chi connectivity index (χ0) is 8.97. The van der Waals surface area contributed by atoms with Crippen molar-refractivity contribution >= 4 is 11.8 Å². The molecule has 0 saturated heterocycles. The Balaban J connectivity index is 3.03. The molecule has 1 aromatic carbocycles. The number of nitro groups is 1. The number of hydrogen-bond acceptors (Lipinski definition) is 2. The number of allylic oxidation sites excluding steroid dienone is 1. The predicted octanol–water partition coefficient (Wildman–Crippen LogP) is 2.63. The van der Waals surface area contributed by atoms with Gasteiger partial charge in [0, 0.05) is 12.1 Å². The Morgan fingerprint density at radius 1 is 1.50 bits per heavy atom. The van der Waals surface area contributed by atoms with Crippen molar-refractivity contribution in [3.8, 4) is 0 Å². The molecule has 12 heavy (non-hydrogen) atoms. The number of benzene rings is 1. The highest BCUT2D eigenvalue weighted by Gasteiger charge is 2.02. The predicted molar refractivity (Wildman–Crippen MR) is 47.8 cm³/mol. The molecule has 0 N–H and O–H groups in total. The molecule has 0 atom stereocenters. The first-order valence-corrected chi connectivity index (χ1v) is 3.61. The average molecular weight is 163 g/mol. The summed E-state index contributed by atoms with van der Waals surface area (Å²) in [5.41, 5.74) is 0.984. The van der Waals surface area contributed by atoms with Crippen LogP contribution in [-0.4, -0.2) is 4.92 Å². The van der Waals surface area contributed by atoms with Crippen LogP contribution in [-0.2, 0) is 0 Å². The molecule has 0 unspecified atom stereocenters. The van der Waals surface area contributed by atoms with E-state index in [0.29, 0.717) is 0 Å². The minimum atomic E-state index is -0.396. The smallest absolute Gasteiger partial charge is 0.258 e. The lowest BCUT2D eigenvalue weighted by atomic mass is 10.2. The van der Waals surface area contributed by atoms with Crippen LogP contribution in [0, 0.1) is 10.1 Å².